The fourth-order valence-corrected chi connectivity index (χ4v) is 2.91. The van der Waals surface area contributed by atoms with Crippen LogP contribution in [0, 0.1) is 21.8 Å². The summed E-state index contributed by atoms with van der Waals surface area (Å²) in [6.07, 6.45) is 1.95. The summed E-state index contributed by atoms with van der Waals surface area (Å²) in [6, 6.07) is 5.57. The molecule has 0 spiro atoms. The van der Waals surface area contributed by atoms with E-state index in [1.807, 2.05) is 0 Å². The van der Waals surface area contributed by atoms with Crippen molar-refractivity contribution in [2.24, 2.45) is 10.9 Å². The van der Waals surface area contributed by atoms with Crippen LogP contribution in [0.4, 0.5) is 4.39 Å². The molecule has 0 saturated heterocycles. The Morgan fingerprint density at radius 1 is 1.50 bits per heavy atom. The van der Waals surface area contributed by atoms with Crippen molar-refractivity contribution in [3.63, 3.8) is 0 Å². The largest absolute Gasteiger partial charge is 0.319 e. The van der Waals surface area contributed by atoms with Crippen LogP contribution in [0.1, 0.15) is 12.0 Å². The molecule has 8 heteroatoms. The highest BCUT2D eigenvalue weighted by molar-refractivity contribution is 7.07. The van der Waals surface area contributed by atoms with Gasteiger partial charge in [0.1, 0.15) is 11.7 Å². The minimum absolute atomic E-state index is 0.244. The van der Waals surface area contributed by atoms with Gasteiger partial charge in [0.2, 0.25) is 6.04 Å². The van der Waals surface area contributed by atoms with Crippen LogP contribution < -0.4 is 4.80 Å². The summed E-state index contributed by atoms with van der Waals surface area (Å²) in [6.45, 7) is 0.256. The predicted molar refractivity (Wildman–Crippen MR) is 77.3 cm³/mol. The highest BCUT2D eigenvalue weighted by Gasteiger charge is 2.53. The standard InChI is InChI=1S/C14H12FN3O3S/c15-11-4-2-1-3-9(11)8-17-5-6-22-14(17)16-13(19)10-7-12(10)18(20)21/h1-6,10,12H,7-8H2/t10-,12-/m1/s1. The first-order valence-electron chi connectivity index (χ1n) is 6.65. The van der Waals surface area contributed by atoms with Crippen LogP contribution in [0.2, 0.25) is 0 Å². The highest BCUT2D eigenvalue weighted by atomic mass is 32.1. The molecule has 6 nitrogen and oxygen atoms in total. The number of hydrogen-bond acceptors (Lipinski definition) is 4. The molecule has 2 atom stereocenters. The lowest BCUT2D eigenvalue weighted by atomic mass is 10.2. The van der Waals surface area contributed by atoms with E-state index < -0.39 is 22.8 Å². The second kappa shape index (κ2) is 5.80. The van der Waals surface area contributed by atoms with E-state index in [1.165, 1.54) is 17.4 Å². The number of aromatic nitrogens is 1. The number of nitro groups is 1. The van der Waals surface area contributed by atoms with Gasteiger partial charge in [-0.2, -0.15) is 4.99 Å². The number of rotatable bonds is 4. The van der Waals surface area contributed by atoms with Crippen LogP contribution in [0.3, 0.4) is 0 Å². The molecule has 1 aromatic carbocycles. The minimum Gasteiger partial charge on any atom is -0.319 e. The first-order valence-corrected chi connectivity index (χ1v) is 7.53. The Kier molecular flexibility index (Phi) is 3.84. The predicted octanol–water partition coefficient (Wildman–Crippen LogP) is 1.83. The van der Waals surface area contributed by atoms with Gasteiger partial charge in [0.05, 0.1) is 6.54 Å². The molecule has 0 aliphatic heterocycles. The van der Waals surface area contributed by atoms with Crippen molar-refractivity contribution >= 4 is 17.2 Å². The molecular weight excluding hydrogens is 309 g/mol. The maximum absolute atomic E-state index is 13.7. The molecule has 1 aromatic heterocycles. The lowest BCUT2D eigenvalue weighted by molar-refractivity contribution is -0.497. The Bertz CT molecular complexity index is 798. The van der Waals surface area contributed by atoms with E-state index in [0.29, 0.717) is 10.4 Å². The van der Waals surface area contributed by atoms with Crippen LogP contribution in [0.5, 0.6) is 0 Å². The summed E-state index contributed by atoms with van der Waals surface area (Å²) in [5.74, 6) is -1.43. The third-order valence-corrected chi connectivity index (χ3v) is 4.30. The number of thiazole rings is 1. The lowest BCUT2D eigenvalue weighted by Gasteiger charge is -2.04. The Morgan fingerprint density at radius 3 is 2.95 bits per heavy atom. The van der Waals surface area contributed by atoms with Crippen molar-refractivity contribution < 1.29 is 14.1 Å². The van der Waals surface area contributed by atoms with Crippen LogP contribution in [-0.2, 0) is 11.3 Å². The van der Waals surface area contributed by atoms with Gasteiger partial charge in [-0.3, -0.25) is 14.9 Å². The molecule has 1 fully saturated rings. The van der Waals surface area contributed by atoms with Crippen LogP contribution >= 0.6 is 11.3 Å². The maximum atomic E-state index is 13.7. The van der Waals surface area contributed by atoms with Gasteiger partial charge < -0.3 is 4.57 Å². The molecule has 0 bridgehead atoms. The van der Waals surface area contributed by atoms with Gasteiger partial charge >= 0.3 is 0 Å². The quantitative estimate of drug-likeness (QED) is 0.636. The number of amides is 1. The molecule has 114 valence electrons. The van der Waals surface area contributed by atoms with E-state index in [9.17, 15) is 19.3 Å². The lowest BCUT2D eigenvalue weighted by Crippen LogP contribution is -2.19. The van der Waals surface area contributed by atoms with Crippen molar-refractivity contribution in [2.45, 2.75) is 19.0 Å². The molecule has 0 unspecified atom stereocenters. The normalized spacial score (nSPS) is 20.9. The smallest absolute Gasteiger partial charge is 0.258 e. The third kappa shape index (κ3) is 2.96. The van der Waals surface area contributed by atoms with Gasteiger partial charge in [-0.25, -0.2) is 4.39 Å². The molecule has 3 rings (SSSR count). The zero-order valence-corrected chi connectivity index (χ0v) is 12.2. The van der Waals surface area contributed by atoms with Crippen molar-refractivity contribution in [1.29, 1.82) is 0 Å². The van der Waals surface area contributed by atoms with Crippen molar-refractivity contribution in [1.82, 2.24) is 4.57 Å². The van der Waals surface area contributed by atoms with E-state index >= 15 is 0 Å². The molecule has 1 saturated carbocycles. The number of halogens is 1. The van der Waals surface area contributed by atoms with E-state index in [-0.39, 0.29) is 18.8 Å². The van der Waals surface area contributed by atoms with Crippen LogP contribution in [-0.4, -0.2) is 21.4 Å². The van der Waals surface area contributed by atoms with Crippen molar-refractivity contribution in [3.05, 3.63) is 62.1 Å². The second-order valence-electron chi connectivity index (χ2n) is 5.05. The van der Waals surface area contributed by atoms with E-state index in [2.05, 4.69) is 4.99 Å². The van der Waals surface area contributed by atoms with Crippen LogP contribution in [0.15, 0.2) is 40.8 Å². The van der Waals surface area contributed by atoms with Gasteiger partial charge in [-0.05, 0) is 6.07 Å². The van der Waals surface area contributed by atoms with Crippen molar-refractivity contribution in [2.75, 3.05) is 0 Å². The van der Waals surface area contributed by atoms with Gasteiger partial charge in [0.25, 0.3) is 5.91 Å². The molecule has 0 radical (unpaired) electrons. The molecular formula is C14H12FN3O3S. The Morgan fingerprint density at radius 2 is 2.27 bits per heavy atom. The molecule has 1 aliphatic rings. The summed E-state index contributed by atoms with van der Waals surface area (Å²) >= 11 is 1.24. The monoisotopic (exact) mass is 321 g/mol. The number of hydrogen-bond donors (Lipinski definition) is 0. The van der Waals surface area contributed by atoms with Gasteiger partial charge in [0.15, 0.2) is 4.80 Å². The third-order valence-electron chi connectivity index (χ3n) is 3.51. The number of carbonyl (C=O) groups excluding carboxylic acids is 1. The Labute approximate surface area is 128 Å². The number of benzene rings is 1. The first-order chi connectivity index (χ1) is 10.6. The van der Waals surface area contributed by atoms with E-state index in [4.69, 9.17) is 0 Å². The van der Waals surface area contributed by atoms with Gasteiger partial charge in [0, 0.05) is 28.5 Å². The number of carbonyl (C=O) groups is 1. The highest BCUT2D eigenvalue weighted by Crippen LogP contribution is 2.33. The Hall–Kier alpha value is -2.35. The molecule has 1 amide bonds. The summed E-state index contributed by atoms with van der Waals surface area (Å²) in [7, 11) is 0. The number of nitrogens with zero attached hydrogens (tertiary/aromatic N) is 3. The first kappa shape index (κ1) is 14.6. The van der Waals surface area contributed by atoms with Crippen LogP contribution in [0.25, 0.3) is 0 Å². The minimum atomic E-state index is -0.809. The molecule has 0 N–H and O–H groups in total. The molecule has 22 heavy (non-hydrogen) atoms. The van der Waals surface area contributed by atoms with E-state index in [0.717, 1.165) is 0 Å². The average molecular weight is 321 g/mol. The SMILES string of the molecule is O=C(N=c1sccn1Cc1ccccc1F)[C@@H]1C[C@H]1[N+](=O)[O-]. The summed E-state index contributed by atoms with van der Waals surface area (Å²) in [5.41, 5.74) is 0.490. The Balaban J connectivity index is 1.81. The zero-order chi connectivity index (χ0) is 15.7. The fourth-order valence-electron chi connectivity index (χ4n) is 2.17. The topological polar surface area (TPSA) is 77.5 Å². The maximum Gasteiger partial charge on any atom is 0.258 e. The van der Waals surface area contributed by atoms with E-state index in [1.54, 1.807) is 34.3 Å². The molecule has 2 aromatic rings. The van der Waals surface area contributed by atoms with Gasteiger partial charge in [-0.1, -0.05) is 18.2 Å². The summed E-state index contributed by atoms with van der Waals surface area (Å²) < 4.78 is 15.3. The average Bonchev–Trinajstić information content (AvgIpc) is 3.19. The van der Waals surface area contributed by atoms with Gasteiger partial charge in [-0.15, -0.1) is 11.3 Å². The van der Waals surface area contributed by atoms with Crippen molar-refractivity contribution in [3.8, 4) is 0 Å². The summed E-state index contributed by atoms with van der Waals surface area (Å²) in [4.78, 5) is 26.4. The zero-order valence-electron chi connectivity index (χ0n) is 11.4. The fraction of sp³-hybridized carbons (Fsp3) is 0.286. The molecule has 1 aliphatic carbocycles. The second-order valence-corrected chi connectivity index (χ2v) is 5.92. The molecule has 1 heterocycles. The summed E-state index contributed by atoms with van der Waals surface area (Å²) in [5, 5.41) is 12.3.